The lowest BCUT2D eigenvalue weighted by Crippen LogP contribution is -2.13. The van der Waals surface area contributed by atoms with Crippen molar-refractivity contribution < 1.29 is 4.79 Å². The standard InChI is InChI=1S/C16H18N4OS2/c1-9(2)20-10(3)7-13(19-20)15(21)18-16-17-12-6-5-11(22-4)8-14(12)23-16/h5-9H,1-4H3,(H,17,18,21). The monoisotopic (exact) mass is 346 g/mol. The van der Waals surface area contributed by atoms with Crippen LogP contribution in [0.25, 0.3) is 10.2 Å². The molecule has 1 amide bonds. The van der Waals surface area contributed by atoms with E-state index >= 15 is 0 Å². The number of thioether (sulfide) groups is 1. The van der Waals surface area contributed by atoms with Crippen molar-refractivity contribution in [2.45, 2.75) is 31.7 Å². The van der Waals surface area contributed by atoms with Gasteiger partial charge in [0.2, 0.25) is 0 Å². The smallest absolute Gasteiger partial charge is 0.277 e. The van der Waals surface area contributed by atoms with Crippen LogP contribution in [0.4, 0.5) is 5.13 Å². The molecule has 0 bridgehead atoms. The number of nitrogens with zero attached hydrogens (tertiary/aromatic N) is 3. The van der Waals surface area contributed by atoms with Gasteiger partial charge in [-0.15, -0.1) is 11.8 Å². The third-order valence-corrected chi connectivity index (χ3v) is 5.12. The highest BCUT2D eigenvalue weighted by Crippen LogP contribution is 2.29. The van der Waals surface area contributed by atoms with Crippen LogP contribution in [0.15, 0.2) is 29.2 Å². The topological polar surface area (TPSA) is 59.8 Å². The summed E-state index contributed by atoms with van der Waals surface area (Å²) >= 11 is 3.17. The molecule has 0 fully saturated rings. The van der Waals surface area contributed by atoms with Crippen LogP contribution in [0, 0.1) is 6.92 Å². The van der Waals surface area contributed by atoms with E-state index in [-0.39, 0.29) is 11.9 Å². The molecule has 0 saturated heterocycles. The van der Waals surface area contributed by atoms with Gasteiger partial charge in [-0.2, -0.15) is 5.10 Å². The first-order chi connectivity index (χ1) is 11.0. The molecule has 23 heavy (non-hydrogen) atoms. The minimum atomic E-state index is -0.225. The number of benzene rings is 1. The normalized spacial score (nSPS) is 11.3. The molecular formula is C16H18N4OS2. The summed E-state index contributed by atoms with van der Waals surface area (Å²) in [5.41, 5.74) is 2.28. The molecule has 0 unspecified atom stereocenters. The molecule has 0 spiro atoms. The molecule has 0 radical (unpaired) electrons. The van der Waals surface area contributed by atoms with Gasteiger partial charge in [-0.1, -0.05) is 11.3 Å². The summed E-state index contributed by atoms with van der Waals surface area (Å²) in [5.74, 6) is -0.225. The van der Waals surface area contributed by atoms with Crippen LogP contribution >= 0.6 is 23.1 Å². The van der Waals surface area contributed by atoms with Crippen LogP contribution in [0.5, 0.6) is 0 Å². The molecule has 0 aliphatic rings. The first-order valence-corrected chi connectivity index (χ1v) is 9.34. The van der Waals surface area contributed by atoms with E-state index in [0.717, 1.165) is 15.9 Å². The number of aryl methyl sites for hydroxylation is 1. The average Bonchev–Trinajstić information content (AvgIpc) is 3.09. The molecule has 1 N–H and O–H groups in total. The fourth-order valence-corrected chi connectivity index (χ4v) is 3.78. The zero-order chi connectivity index (χ0) is 16.6. The Morgan fingerprint density at radius 3 is 2.78 bits per heavy atom. The lowest BCUT2D eigenvalue weighted by atomic mass is 10.3. The maximum Gasteiger partial charge on any atom is 0.277 e. The number of aromatic nitrogens is 3. The SMILES string of the molecule is CSc1ccc2nc(NC(=O)c3cc(C)n(C(C)C)n3)sc2c1. The molecule has 0 aliphatic carbocycles. The molecule has 0 saturated carbocycles. The molecular weight excluding hydrogens is 328 g/mol. The van der Waals surface area contributed by atoms with Crippen LogP contribution < -0.4 is 5.32 Å². The van der Waals surface area contributed by atoms with Crippen molar-refractivity contribution in [3.63, 3.8) is 0 Å². The van der Waals surface area contributed by atoms with Crippen LogP contribution in [-0.2, 0) is 0 Å². The Bertz CT molecular complexity index is 866. The Balaban J connectivity index is 1.83. The number of hydrogen-bond donors (Lipinski definition) is 1. The Morgan fingerprint density at radius 1 is 1.35 bits per heavy atom. The van der Waals surface area contributed by atoms with Crippen LogP contribution in [0.3, 0.4) is 0 Å². The molecule has 3 rings (SSSR count). The Labute approximate surface area is 143 Å². The molecule has 0 atom stereocenters. The van der Waals surface area contributed by atoms with E-state index < -0.39 is 0 Å². The number of carbonyl (C=O) groups excluding carboxylic acids is 1. The number of rotatable bonds is 4. The largest absolute Gasteiger partial charge is 0.296 e. The molecule has 0 aliphatic heterocycles. The van der Waals surface area contributed by atoms with Gasteiger partial charge < -0.3 is 0 Å². The van der Waals surface area contributed by atoms with Gasteiger partial charge in [0.15, 0.2) is 10.8 Å². The fraction of sp³-hybridized carbons (Fsp3) is 0.312. The van der Waals surface area contributed by atoms with Gasteiger partial charge in [0.1, 0.15) is 0 Å². The zero-order valence-electron chi connectivity index (χ0n) is 13.5. The van der Waals surface area contributed by atoms with Crippen molar-refractivity contribution >= 4 is 44.4 Å². The fourth-order valence-electron chi connectivity index (χ4n) is 2.37. The Kier molecular flexibility index (Phi) is 4.41. The van der Waals surface area contributed by atoms with Gasteiger partial charge in [0, 0.05) is 16.6 Å². The van der Waals surface area contributed by atoms with Gasteiger partial charge in [-0.25, -0.2) is 4.98 Å². The highest BCUT2D eigenvalue weighted by atomic mass is 32.2. The van der Waals surface area contributed by atoms with Crippen molar-refractivity contribution in [2.24, 2.45) is 0 Å². The summed E-state index contributed by atoms with van der Waals surface area (Å²) in [4.78, 5) is 18.0. The molecule has 7 heteroatoms. The van der Waals surface area contributed by atoms with E-state index in [0.29, 0.717) is 10.8 Å². The summed E-state index contributed by atoms with van der Waals surface area (Å²) in [7, 11) is 0. The van der Waals surface area contributed by atoms with Crippen molar-refractivity contribution in [1.29, 1.82) is 0 Å². The average molecular weight is 346 g/mol. The number of thiazole rings is 1. The van der Waals surface area contributed by atoms with Gasteiger partial charge in [0.05, 0.1) is 10.2 Å². The van der Waals surface area contributed by atoms with E-state index in [1.807, 2.05) is 43.8 Å². The summed E-state index contributed by atoms with van der Waals surface area (Å²) < 4.78 is 2.91. The van der Waals surface area contributed by atoms with Crippen LogP contribution in [0.2, 0.25) is 0 Å². The molecule has 120 valence electrons. The first kappa shape index (κ1) is 16.0. The minimum absolute atomic E-state index is 0.225. The van der Waals surface area contributed by atoms with E-state index in [1.165, 1.54) is 16.2 Å². The maximum absolute atomic E-state index is 12.4. The summed E-state index contributed by atoms with van der Waals surface area (Å²) in [5, 5.41) is 7.81. The van der Waals surface area contributed by atoms with Gasteiger partial charge >= 0.3 is 0 Å². The third-order valence-electron chi connectivity index (χ3n) is 3.46. The number of fused-ring (bicyclic) bond motifs is 1. The highest BCUT2D eigenvalue weighted by Gasteiger charge is 2.15. The van der Waals surface area contributed by atoms with Crippen molar-refractivity contribution in [3.05, 3.63) is 35.7 Å². The molecule has 3 aromatic rings. The van der Waals surface area contributed by atoms with E-state index in [4.69, 9.17) is 0 Å². The number of nitrogens with one attached hydrogen (secondary N) is 1. The van der Waals surface area contributed by atoms with E-state index in [2.05, 4.69) is 21.5 Å². The Morgan fingerprint density at radius 2 is 2.13 bits per heavy atom. The quantitative estimate of drug-likeness (QED) is 0.713. The predicted octanol–water partition coefficient (Wildman–Crippen LogP) is 4.36. The summed E-state index contributed by atoms with van der Waals surface area (Å²) in [6.45, 7) is 6.03. The number of anilines is 1. The van der Waals surface area contributed by atoms with Crippen LogP contribution in [0.1, 0.15) is 36.1 Å². The minimum Gasteiger partial charge on any atom is -0.296 e. The molecule has 2 heterocycles. The molecule has 5 nitrogen and oxygen atoms in total. The second-order valence-electron chi connectivity index (χ2n) is 5.52. The number of hydrogen-bond acceptors (Lipinski definition) is 5. The molecule has 1 aromatic carbocycles. The van der Waals surface area contributed by atoms with Crippen molar-refractivity contribution in [3.8, 4) is 0 Å². The van der Waals surface area contributed by atoms with Gasteiger partial charge in [-0.3, -0.25) is 14.8 Å². The highest BCUT2D eigenvalue weighted by molar-refractivity contribution is 7.98. The maximum atomic E-state index is 12.4. The van der Waals surface area contributed by atoms with E-state index in [9.17, 15) is 4.79 Å². The van der Waals surface area contributed by atoms with Crippen LogP contribution in [-0.4, -0.2) is 26.9 Å². The Hall–Kier alpha value is -1.86. The number of amides is 1. The van der Waals surface area contributed by atoms with E-state index in [1.54, 1.807) is 17.8 Å². The lowest BCUT2D eigenvalue weighted by molar-refractivity contribution is 0.102. The van der Waals surface area contributed by atoms with Crippen molar-refractivity contribution in [2.75, 3.05) is 11.6 Å². The lowest BCUT2D eigenvalue weighted by Gasteiger charge is -2.06. The van der Waals surface area contributed by atoms with Gasteiger partial charge in [0.25, 0.3) is 5.91 Å². The zero-order valence-corrected chi connectivity index (χ0v) is 15.1. The van der Waals surface area contributed by atoms with Gasteiger partial charge in [-0.05, 0) is 51.3 Å². The number of carbonyl (C=O) groups is 1. The second-order valence-corrected chi connectivity index (χ2v) is 7.43. The predicted molar refractivity (Wildman–Crippen MR) is 96.7 cm³/mol. The second kappa shape index (κ2) is 6.33. The third kappa shape index (κ3) is 3.25. The molecule has 2 aromatic heterocycles. The van der Waals surface area contributed by atoms with Crippen molar-refractivity contribution in [1.82, 2.24) is 14.8 Å². The summed E-state index contributed by atoms with van der Waals surface area (Å²) in [6, 6.07) is 8.13. The first-order valence-electron chi connectivity index (χ1n) is 7.30. The summed E-state index contributed by atoms with van der Waals surface area (Å²) in [6.07, 6.45) is 2.04.